The summed E-state index contributed by atoms with van der Waals surface area (Å²) in [5.74, 6) is 0.740. The summed E-state index contributed by atoms with van der Waals surface area (Å²) in [5.41, 5.74) is -1.15. The van der Waals surface area contributed by atoms with Crippen LogP contribution >= 0.6 is 0 Å². The maximum atomic E-state index is 12.5. The summed E-state index contributed by atoms with van der Waals surface area (Å²) >= 11 is 0. The second-order valence-corrected chi connectivity index (χ2v) is 8.93. The monoisotopic (exact) mass is 400 g/mol. The van der Waals surface area contributed by atoms with Gasteiger partial charge < -0.3 is 14.4 Å². The topological polar surface area (TPSA) is 51.7 Å². The quantitative estimate of drug-likeness (QED) is 0.724. The first-order chi connectivity index (χ1) is 13.0. The lowest BCUT2D eigenvalue weighted by molar-refractivity contribution is -0.141. The Labute approximate surface area is 163 Å². The lowest BCUT2D eigenvalue weighted by Crippen LogP contribution is -2.50. The number of rotatable bonds is 3. The second-order valence-electron chi connectivity index (χ2n) is 8.93. The van der Waals surface area contributed by atoms with Gasteiger partial charge in [0.25, 0.3) is 0 Å². The molecule has 156 valence electrons. The van der Waals surface area contributed by atoms with Gasteiger partial charge in [0.05, 0.1) is 12.8 Å². The number of pyridine rings is 1. The van der Waals surface area contributed by atoms with Gasteiger partial charge in [0.2, 0.25) is 0 Å². The molecule has 0 atom stereocenters. The van der Waals surface area contributed by atoms with Crippen LogP contribution in [0.2, 0.25) is 0 Å². The first-order valence-corrected chi connectivity index (χ1v) is 9.60. The molecule has 0 bridgehead atoms. The fraction of sp³-hybridized carbons (Fsp3) is 0.700. The normalized spacial score (nSPS) is 20.0. The minimum Gasteiger partial charge on any atom is -0.492 e. The highest BCUT2D eigenvalue weighted by Gasteiger charge is 2.46. The van der Waals surface area contributed by atoms with Crippen LogP contribution in [-0.2, 0) is 10.9 Å². The van der Waals surface area contributed by atoms with E-state index in [1.807, 2.05) is 20.8 Å². The third-order valence-corrected chi connectivity index (χ3v) is 5.43. The zero-order valence-electron chi connectivity index (χ0n) is 16.5. The average Bonchev–Trinajstić information content (AvgIpc) is 2.56. The van der Waals surface area contributed by atoms with Gasteiger partial charge in [0.1, 0.15) is 17.0 Å². The van der Waals surface area contributed by atoms with Crippen molar-refractivity contribution in [3.8, 4) is 5.75 Å². The molecule has 1 aromatic rings. The van der Waals surface area contributed by atoms with Gasteiger partial charge in [-0.15, -0.1) is 0 Å². The Morgan fingerprint density at radius 3 is 2.36 bits per heavy atom. The molecule has 2 aliphatic rings. The standard InChI is InChI=1S/C20H27F3N2O3/c1-18(2,3)28-17(26)25-8-6-19(7-9-25)10-14(11-19)13-27-15-4-5-16(24-12-15)20(21,22)23/h4-5,12,14H,6-11,13H2,1-3H3. The minimum atomic E-state index is -4.44. The Morgan fingerprint density at radius 2 is 1.86 bits per heavy atom. The highest BCUT2D eigenvalue weighted by Crippen LogP contribution is 2.52. The zero-order chi connectivity index (χ0) is 20.6. The summed E-state index contributed by atoms with van der Waals surface area (Å²) in [4.78, 5) is 17.3. The van der Waals surface area contributed by atoms with E-state index in [1.54, 1.807) is 4.90 Å². The Morgan fingerprint density at radius 1 is 1.21 bits per heavy atom. The van der Waals surface area contributed by atoms with Crippen LogP contribution in [-0.4, -0.2) is 41.3 Å². The molecule has 0 radical (unpaired) electrons. The molecule has 0 unspecified atom stereocenters. The molecule has 2 fully saturated rings. The van der Waals surface area contributed by atoms with Crippen molar-refractivity contribution >= 4 is 6.09 Å². The van der Waals surface area contributed by atoms with E-state index in [2.05, 4.69) is 4.98 Å². The van der Waals surface area contributed by atoms with Crippen LogP contribution in [0.4, 0.5) is 18.0 Å². The maximum absolute atomic E-state index is 12.5. The van der Waals surface area contributed by atoms with Crippen LogP contribution in [0.1, 0.15) is 52.1 Å². The van der Waals surface area contributed by atoms with Crippen LogP contribution in [0.25, 0.3) is 0 Å². The Balaban J connectivity index is 1.40. The number of amides is 1. The largest absolute Gasteiger partial charge is 0.492 e. The number of alkyl halides is 3. The van der Waals surface area contributed by atoms with Crippen molar-refractivity contribution in [1.29, 1.82) is 0 Å². The molecule has 1 saturated heterocycles. The summed E-state index contributed by atoms with van der Waals surface area (Å²) < 4.78 is 48.6. The first-order valence-electron chi connectivity index (χ1n) is 9.60. The number of likely N-dealkylation sites (tertiary alicyclic amines) is 1. The van der Waals surface area contributed by atoms with Gasteiger partial charge in [-0.25, -0.2) is 9.78 Å². The van der Waals surface area contributed by atoms with Gasteiger partial charge in [-0.3, -0.25) is 0 Å². The zero-order valence-corrected chi connectivity index (χ0v) is 16.5. The fourth-order valence-corrected chi connectivity index (χ4v) is 4.03. The Bertz CT molecular complexity index is 682. The van der Waals surface area contributed by atoms with E-state index in [9.17, 15) is 18.0 Å². The number of hydrogen-bond acceptors (Lipinski definition) is 4. The van der Waals surface area contributed by atoms with Crippen LogP contribution < -0.4 is 4.74 Å². The number of hydrogen-bond donors (Lipinski definition) is 0. The number of aromatic nitrogens is 1. The summed E-state index contributed by atoms with van der Waals surface area (Å²) in [6.07, 6.45) is 0.363. The lowest BCUT2D eigenvalue weighted by atomic mass is 9.58. The molecule has 1 amide bonds. The van der Waals surface area contributed by atoms with Gasteiger partial charge >= 0.3 is 12.3 Å². The van der Waals surface area contributed by atoms with Crippen molar-refractivity contribution in [1.82, 2.24) is 9.88 Å². The Hall–Kier alpha value is -1.99. The molecule has 0 N–H and O–H groups in total. The molecule has 1 aromatic heterocycles. The van der Waals surface area contributed by atoms with E-state index in [-0.39, 0.29) is 11.5 Å². The summed E-state index contributed by atoms with van der Waals surface area (Å²) in [6.45, 7) is 7.46. The number of carbonyl (C=O) groups is 1. The molecule has 3 rings (SSSR count). The smallest absolute Gasteiger partial charge is 0.433 e. The average molecular weight is 400 g/mol. The molecule has 1 spiro atoms. The number of halogens is 3. The molecule has 8 heteroatoms. The van der Waals surface area contributed by atoms with Crippen molar-refractivity contribution in [2.75, 3.05) is 19.7 Å². The van der Waals surface area contributed by atoms with Crippen molar-refractivity contribution in [2.24, 2.45) is 11.3 Å². The number of nitrogens with zero attached hydrogens (tertiary/aromatic N) is 2. The van der Waals surface area contributed by atoms with Crippen LogP contribution in [0, 0.1) is 11.3 Å². The van der Waals surface area contributed by atoms with E-state index >= 15 is 0 Å². The Kier molecular flexibility index (Phi) is 5.51. The van der Waals surface area contributed by atoms with Crippen LogP contribution in [0.15, 0.2) is 18.3 Å². The van der Waals surface area contributed by atoms with Gasteiger partial charge in [-0.2, -0.15) is 13.2 Å². The number of carbonyl (C=O) groups excluding carboxylic acids is 1. The maximum Gasteiger partial charge on any atom is 0.433 e. The van der Waals surface area contributed by atoms with Crippen molar-refractivity contribution in [3.63, 3.8) is 0 Å². The fourth-order valence-electron chi connectivity index (χ4n) is 4.03. The molecular formula is C20H27F3N2O3. The molecule has 1 aliphatic carbocycles. The molecule has 28 heavy (non-hydrogen) atoms. The molecule has 1 aliphatic heterocycles. The third kappa shape index (κ3) is 5.08. The van der Waals surface area contributed by atoms with Crippen molar-refractivity contribution in [2.45, 2.75) is 58.2 Å². The predicted octanol–water partition coefficient (Wildman–Crippen LogP) is 4.91. The van der Waals surface area contributed by atoms with E-state index in [4.69, 9.17) is 9.47 Å². The van der Waals surface area contributed by atoms with Gasteiger partial charge in [-0.1, -0.05) is 0 Å². The van der Waals surface area contributed by atoms with E-state index in [0.717, 1.165) is 37.9 Å². The van der Waals surface area contributed by atoms with Crippen LogP contribution in [0.5, 0.6) is 5.75 Å². The lowest BCUT2D eigenvalue weighted by Gasteiger charge is -2.52. The van der Waals surface area contributed by atoms with Gasteiger partial charge in [-0.05, 0) is 69.9 Å². The predicted molar refractivity (Wildman–Crippen MR) is 96.9 cm³/mol. The van der Waals surface area contributed by atoms with Crippen molar-refractivity contribution < 1.29 is 27.4 Å². The van der Waals surface area contributed by atoms with E-state index < -0.39 is 17.5 Å². The molecular weight excluding hydrogens is 373 g/mol. The highest BCUT2D eigenvalue weighted by atomic mass is 19.4. The third-order valence-electron chi connectivity index (χ3n) is 5.43. The summed E-state index contributed by atoms with van der Waals surface area (Å²) in [7, 11) is 0. The van der Waals surface area contributed by atoms with Gasteiger partial charge in [0, 0.05) is 13.1 Å². The second kappa shape index (κ2) is 7.44. The van der Waals surface area contributed by atoms with Gasteiger partial charge in [0.15, 0.2) is 0 Å². The SMILES string of the molecule is CC(C)(C)OC(=O)N1CCC2(CC1)CC(COc1ccc(C(F)(F)F)nc1)C2. The molecule has 2 heterocycles. The summed E-state index contributed by atoms with van der Waals surface area (Å²) in [5, 5.41) is 0. The molecule has 1 saturated carbocycles. The molecule has 0 aromatic carbocycles. The highest BCUT2D eigenvalue weighted by molar-refractivity contribution is 5.68. The number of piperidine rings is 1. The first kappa shape index (κ1) is 20.7. The minimum absolute atomic E-state index is 0.253. The van der Waals surface area contributed by atoms with E-state index in [0.29, 0.717) is 31.4 Å². The summed E-state index contributed by atoms with van der Waals surface area (Å²) in [6, 6.07) is 2.24. The van der Waals surface area contributed by atoms with Crippen LogP contribution in [0.3, 0.4) is 0 Å². The molecule has 5 nitrogen and oxygen atoms in total. The van der Waals surface area contributed by atoms with E-state index in [1.165, 1.54) is 6.07 Å². The number of ether oxygens (including phenoxy) is 2. The van der Waals surface area contributed by atoms with Crippen molar-refractivity contribution in [3.05, 3.63) is 24.0 Å².